The molecular formula is C19H16FN3O3S. The van der Waals surface area contributed by atoms with Crippen LogP contribution in [0.1, 0.15) is 15.9 Å². The van der Waals surface area contributed by atoms with Crippen LogP contribution >= 0.6 is 0 Å². The van der Waals surface area contributed by atoms with Crippen LogP contribution in [0.2, 0.25) is 0 Å². The topological polar surface area (TPSA) is 88.2 Å². The van der Waals surface area contributed by atoms with Crippen LogP contribution in [0.25, 0.3) is 0 Å². The number of nitrogens with zero attached hydrogens (tertiary/aromatic N) is 1. The largest absolute Gasteiger partial charge is 0.307 e. The van der Waals surface area contributed by atoms with E-state index in [0.717, 1.165) is 17.7 Å². The predicted molar refractivity (Wildman–Crippen MR) is 101 cm³/mol. The number of aromatic nitrogens is 1. The third-order valence-corrected chi connectivity index (χ3v) is 5.04. The first-order valence-electron chi connectivity index (χ1n) is 7.96. The molecular weight excluding hydrogens is 369 g/mol. The number of anilines is 2. The minimum Gasteiger partial charge on any atom is -0.307 e. The Labute approximate surface area is 156 Å². The first-order chi connectivity index (χ1) is 12.8. The van der Waals surface area contributed by atoms with E-state index in [1.807, 2.05) is 6.92 Å². The molecule has 0 unspecified atom stereocenters. The smallest absolute Gasteiger partial charge is 0.261 e. The van der Waals surface area contributed by atoms with Gasteiger partial charge in [0.05, 0.1) is 4.90 Å². The highest BCUT2D eigenvalue weighted by molar-refractivity contribution is 7.92. The van der Waals surface area contributed by atoms with Gasteiger partial charge in [0.1, 0.15) is 11.6 Å². The highest BCUT2D eigenvalue weighted by Crippen LogP contribution is 2.18. The van der Waals surface area contributed by atoms with Gasteiger partial charge in [-0.15, -0.1) is 0 Å². The third kappa shape index (κ3) is 4.68. The number of carbonyl (C=O) groups is 1. The summed E-state index contributed by atoms with van der Waals surface area (Å²) >= 11 is 0. The Balaban J connectivity index is 1.81. The first-order valence-corrected chi connectivity index (χ1v) is 9.44. The van der Waals surface area contributed by atoms with Crippen LogP contribution in [0, 0.1) is 12.7 Å². The molecule has 0 aliphatic carbocycles. The quantitative estimate of drug-likeness (QED) is 0.703. The van der Waals surface area contributed by atoms with Gasteiger partial charge in [-0.05, 0) is 67.1 Å². The second-order valence-corrected chi connectivity index (χ2v) is 7.50. The van der Waals surface area contributed by atoms with E-state index in [-0.39, 0.29) is 16.1 Å². The molecule has 2 aromatic carbocycles. The number of pyridine rings is 1. The molecule has 0 atom stereocenters. The number of carbonyl (C=O) groups excluding carboxylic acids is 1. The Morgan fingerprint density at radius 2 is 1.78 bits per heavy atom. The summed E-state index contributed by atoms with van der Waals surface area (Å²) in [7, 11) is -3.93. The molecule has 2 N–H and O–H groups in total. The van der Waals surface area contributed by atoms with E-state index in [9.17, 15) is 17.6 Å². The fraction of sp³-hybridized carbons (Fsp3) is 0.0526. The van der Waals surface area contributed by atoms with Crippen molar-refractivity contribution in [3.63, 3.8) is 0 Å². The zero-order valence-electron chi connectivity index (χ0n) is 14.3. The maximum absolute atomic E-state index is 13.0. The summed E-state index contributed by atoms with van der Waals surface area (Å²) in [5.74, 6) is -0.578. The Morgan fingerprint density at radius 1 is 1.04 bits per heavy atom. The molecule has 6 nitrogen and oxygen atoms in total. The number of amides is 1. The van der Waals surface area contributed by atoms with Crippen molar-refractivity contribution in [2.75, 3.05) is 10.0 Å². The molecule has 0 saturated carbocycles. The van der Waals surface area contributed by atoms with E-state index in [1.54, 1.807) is 18.3 Å². The van der Waals surface area contributed by atoms with Crippen LogP contribution in [-0.4, -0.2) is 19.3 Å². The molecule has 1 aromatic heterocycles. The summed E-state index contributed by atoms with van der Waals surface area (Å²) in [5.41, 5.74) is 1.32. The molecule has 0 saturated heterocycles. The van der Waals surface area contributed by atoms with Crippen LogP contribution in [-0.2, 0) is 10.0 Å². The maximum Gasteiger partial charge on any atom is 0.261 e. The third-order valence-electron chi connectivity index (χ3n) is 3.66. The summed E-state index contributed by atoms with van der Waals surface area (Å²) in [4.78, 5) is 16.4. The molecule has 0 bridgehead atoms. The molecule has 3 rings (SSSR count). The van der Waals surface area contributed by atoms with Gasteiger partial charge < -0.3 is 5.32 Å². The second-order valence-electron chi connectivity index (χ2n) is 5.81. The average Bonchev–Trinajstić information content (AvgIpc) is 2.63. The molecule has 0 aliphatic rings. The number of benzene rings is 2. The lowest BCUT2D eigenvalue weighted by molar-refractivity contribution is 0.102. The van der Waals surface area contributed by atoms with Crippen LogP contribution in [0.4, 0.5) is 15.9 Å². The summed E-state index contributed by atoms with van der Waals surface area (Å²) < 4.78 is 40.3. The molecule has 0 spiro atoms. The Bertz CT molecular complexity index is 1080. The van der Waals surface area contributed by atoms with Crippen molar-refractivity contribution >= 4 is 27.4 Å². The van der Waals surface area contributed by atoms with Gasteiger partial charge in [0.25, 0.3) is 15.9 Å². The average molecular weight is 385 g/mol. The van der Waals surface area contributed by atoms with Gasteiger partial charge in [-0.1, -0.05) is 6.07 Å². The van der Waals surface area contributed by atoms with Crippen molar-refractivity contribution in [1.29, 1.82) is 0 Å². The van der Waals surface area contributed by atoms with E-state index in [4.69, 9.17) is 0 Å². The Morgan fingerprint density at radius 3 is 2.48 bits per heavy atom. The number of hydrogen-bond acceptors (Lipinski definition) is 4. The van der Waals surface area contributed by atoms with Crippen LogP contribution in [0.3, 0.4) is 0 Å². The molecule has 138 valence electrons. The van der Waals surface area contributed by atoms with E-state index in [2.05, 4.69) is 15.0 Å². The fourth-order valence-electron chi connectivity index (χ4n) is 2.33. The van der Waals surface area contributed by atoms with Crippen LogP contribution in [0.5, 0.6) is 0 Å². The van der Waals surface area contributed by atoms with E-state index in [0.29, 0.717) is 5.82 Å². The zero-order valence-corrected chi connectivity index (χ0v) is 15.1. The van der Waals surface area contributed by atoms with Gasteiger partial charge in [0.15, 0.2) is 0 Å². The molecule has 0 radical (unpaired) electrons. The molecule has 27 heavy (non-hydrogen) atoms. The SMILES string of the molecule is Cc1ccnc(NC(=O)c2cccc(S(=O)(=O)Nc3ccc(F)cc3)c2)c1. The monoisotopic (exact) mass is 385 g/mol. The molecule has 3 aromatic rings. The van der Waals surface area contributed by atoms with E-state index in [1.165, 1.54) is 36.4 Å². The van der Waals surface area contributed by atoms with Crippen molar-refractivity contribution in [2.45, 2.75) is 11.8 Å². The van der Waals surface area contributed by atoms with Gasteiger partial charge >= 0.3 is 0 Å². The summed E-state index contributed by atoms with van der Waals surface area (Å²) in [6.45, 7) is 1.87. The maximum atomic E-state index is 13.0. The number of sulfonamides is 1. The first kappa shape index (κ1) is 18.5. The summed E-state index contributed by atoms with van der Waals surface area (Å²) in [6, 6.07) is 14.0. The van der Waals surface area contributed by atoms with Crippen molar-refractivity contribution in [2.24, 2.45) is 0 Å². The molecule has 1 amide bonds. The summed E-state index contributed by atoms with van der Waals surface area (Å²) in [6.07, 6.45) is 1.57. The van der Waals surface area contributed by atoms with E-state index >= 15 is 0 Å². The van der Waals surface area contributed by atoms with Crippen LogP contribution in [0.15, 0.2) is 71.8 Å². The number of nitrogens with one attached hydrogen (secondary N) is 2. The molecule has 0 aliphatic heterocycles. The normalized spacial score (nSPS) is 11.0. The molecule has 1 heterocycles. The Hall–Kier alpha value is -3.26. The number of rotatable bonds is 5. The van der Waals surface area contributed by atoms with Gasteiger partial charge in [-0.3, -0.25) is 9.52 Å². The minimum absolute atomic E-state index is 0.0864. The van der Waals surface area contributed by atoms with Crippen molar-refractivity contribution in [3.8, 4) is 0 Å². The minimum atomic E-state index is -3.93. The Kier molecular flexibility index (Phi) is 5.18. The molecule has 8 heteroatoms. The van der Waals surface area contributed by atoms with Gasteiger partial charge in [-0.25, -0.2) is 17.8 Å². The van der Waals surface area contributed by atoms with Gasteiger partial charge in [0.2, 0.25) is 0 Å². The molecule has 0 fully saturated rings. The zero-order chi connectivity index (χ0) is 19.4. The number of aryl methyl sites for hydroxylation is 1. The van der Waals surface area contributed by atoms with E-state index < -0.39 is 21.7 Å². The fourth-order valence-corrected chi connectivity index (χ4v) is 3.43. The lowest BCUT2D eigenvalue weighted by Gasteiger charge is -2.10. The van der Waals surface area contributed by atoms with Gasteiger partial charge in [0, 0.05) is 17.4 Å². The van der Waals surface area contributed by atoms with Crippen molar-refractivity contribution in [1.82, 2.24) is 4.98 Å². The second kappa shape index (κ2) is 7.55. The van der Waals surface area contributed by atoms with Crippen LogP contribution < -0.4 is 10.0 Å². The summed E-state index contributed by atoms with van der Waals surface area (Å²) in [5, 5.41) is 2.63. The number of halogens is 1. The lowest BCUT2D eigenvalue weighted by atomic mass is 10.2. The van der Waals surface area contributed by atoms with Crippen molar-refractivity contribution in [3.05, 3.63) is 83.8 Å². The van der Waals surface area contributed by atoms with Crippen molar-refractivity contribution < 1.29 is 17.6 Å². The predicted octanol–water partition coefficient (Wildman–Crippen LogP) is 3.58. The highest BCUT2D eigenvalue weighted by atomic mass is 32.2. The highest BCUT2D eigenvalue weighted by Gasteiger charge is 2.17. The standard InChI is InChI=1S/C19H16FN3O3S/c1-13-9-10-21-18(11-13)22-19(24)14-3-2-4-17(12-14)27(25,26)23-16-7-5-15(20)6-8-16/h2-12,23H,1H3,(H,21,22,24). The van der Waals surface area contributed by atoms with Gasteiger partial charge in [-0.2, -0.15) is 0 Å². The lowest BCUT2D eigenvalue weighted by Crippen LogP contribution is -2.16. The number of hydrogen-bond donors (Lipinski definition) is 2.